The Bertz CT molecular complexity index is 500. The van der Waals surface area contributed by atoms with Gasteiger partial charge < -0.3 is 10.4 Å². The first-order valence-electron chi connectivity index (χ1n) is 6.64. The van der Waals surface area contributed by atoms with Crippen LogP contribution in [-0.4, -0.2) is 30.7 Å². The number of rotatable bonds is 5. The minimum atomic E-state index is -0.845. The van der Waals surface area contributed by atoms with Gasteiger partial charge in [-0.3, -0.25) is 9.69 Å². The lowest BCUT2D eigenvalue weighted by Gasteiger charge is -2.20. The molecular formula is C15H22N2O3. The van der Waals surface area contributed by atoms with E-state index in [9.17, 15) is 9.59 Å². The average Bonchev–Trinajstić information content (AvgIpc) is 2.37. The molecule has 0 heterocycles. The van der Waals surface area contributed by atoms with E-state index in [4.69, 9.17) is 5.11 Å². The molecular weight excluding hydrogens is 256 g/mol. The molecule has 0 aliphatic rings. The molecule has 1 unspecified atom stereocenters. The quantitative estimate of drug-likeness (QED) is 0.869. The zero-order chi connectivity index (χ0) is 15.3. The van der Waals surface area contributed by atoms with Gasteiger partial charge in [-0.15, -0.1) is 0 Å². The number of amides is 2. The summed E-state index contributed by atoms with van der Waals surface area (Å²) in [4.78, 5) is 24.2. The fourth-order valence-electron chi connectivity index (χ4n) is 1.93. The highest BCUT2D eigenvalue weighted by Crippen LogP contribution is 2.19. The lowest BCUT2D eigenvalue weighted by molar-refractivity contribution is -0.141. The summed E-state index contributed by atoms with van der Waals surface area (Å²) in [5, 5.41) is 11.5. The van der Waals surface area contributed by atoms with Crippen molar-refractivity contribution in [1.29, 1.82) is 0 Å². The summed E-state index contributed by atoms with van der Waals surface area (Å²) in [7, 11) is 1.70. The predicted molar refractivity (Wildman–Crippen MR) is 79.1 cm³/mol. The number of carboxylic acids is 1. The molecule has 1 aromatic carbocycles. The number of hydrogen-bond acceptors (Lipinski definition) is 2. The van der Waals surface area contributed by atoms with Crippen LogP contribution in [0, 0.1) is 19.8 Å². The molecule has 110 valence electrons. The number of nitrogens with zero attached hydrogens (tertiary/aromatic N) is 1. The minimum Gasteiger partial charge on any atom is -0.481 e. The van der Waals surface area contributed by atoms with Gasteiger partial charge in [-0.05, 0) is 31.9 Å². The van der Waals surface area contributed by atoms with Crippen molar-refractivity contribution in [2.75, 3.05) is 18.5 Å². The molecule has 0 fully saturated rings. The number of hydrogen-bond donors (Lipinski definition) is 2. The van der Waals surface area contributed by atoms with Gasteiger partial charge in [0.2, 0.25) is 0 Å². The Morgan fingerprint density at radius 3 is 2.55 bits per heavy atom. The van der Waals surface area contributed by atoms with Crippen molar-refractivity contribution < 1.29 is 14.7 Å². The Labute approximate surface area is 119 Å². The van der Waals surface area contributed by atoms with Crippen LogP contribution >= 0.6 is 0 Å². The van der Waals surface area contributed by atoms with Crippen molar-refractivity contribution in [3.8, 4) is 0 Å². The average molecular weight is 278 g/mol. The van der Waals surface area contributed by atoms with Crippen LogP contribution in [0.25, 0.3) is 0 Å². The highest BCUT2D eigenvalue weighted by molar-refractivity contribution is 5.92. The van der Waals surface area contributed by atoms with E-state index < -0.39 is 11.9 Å². The van der Waals surface area contributed by atoms with Gasteiger partial charge in [0.1, 0.15) is 0 Å². The van der Waals surface area contributed by atoms with Gasteiger partial charge in [-0.25, -0.2) is 4.79 Å². The molecule has 5 nitrogen and oxygen atoms in total. The molecule has 2 amide bonds. The second-order valence-corrected chi connectivity index (χ2v) is 5.11. The van der Waals surface area contributed by atoms with Crippen molar-refractivity contribution in [2.24, 2.45) is 5.92 Å². The standard InChI is InChI=1S/C15H22N2O3/c1-10-5-6-13(12(3)9-10)17(4)15(20)16-8-7-11(2)14(18)19/h5-6,9,11H,7-8H2,1-4H3,(H,16,20)(H,18,19). The maximum atomic E-state index is 12.0. The number of carbonyl (C=O) groups excluding carboxylic acids is 1. The highest BCUT2D eigenvalue weighted by atomic mass is 16.4. The Morgan fingerprint density at radius 1 is 1.35 bits per heavy atom. The fourth-order valence-corrected chi connectivity index (χ4v) is 1.93. The summed E-state index contributed by atoms with van der Waals surface area (Å²) in [6.45, 7) is 5.94. The molecule has 5 heteroatoms. The molecule has 0 aromatic heterocycles. The van der Waals surface area contributed by atoms with E-state index in [0.29, 0.717) is 13.0 Å². The maximum Gasteiger partial charge on any atom is 0.321 e. The van der Waals surface area contributed by atoms with Crippen LogP contribution in [0.3, 0.4) is 0 Å². The molecule has 2 N–H and O–H groups in total. The molecule has 1 atom stereocenters. The van der Waals surface area contributed by atoms with Gasteiger partial charge >= 0.3 is 12.0 Å². The number of aliphatic carboxylic acids is 1. The third-order valence-electron chi connectivity index (χ3n) is 3.29. The first-order chi connectivity index (χ1) is 9.32. The van der Waals surface area contributed by atoms with Gasteiger partial charge in [0.05, 0.1) is 5.92 Å². The number of aryl methyl sites for hydroxylation is 2. The molecule has 1 rings (SSSR count). The van der Waals surface area contributed by atoms with Gasteiger partial charge in [-0.2, -0.15) is 0 Å². The monoisotopic (exact) mass is 278 g/mol. The van der Waals surface area contributed by atoms with Crippen LogP contribution in [0.15, 0.2) is 18.2 Å². The Morgan fingerprint density at radius 2 is 2.00 bits per heavy atom. The topological polar surface area (TPSA) is 69.6 Å². The van der Waals surface area contributed by atoms with Crippen LogP contribution in [0.2, 0.25) is 0 Å². The Hall–Kier alpha value is -2.04. The smallest absolute Gasteiger partial charge is 0.321 e. The summed E-state index contributed by atoms with van der Waals surface area (Å²) >= 11 is 0. The third-order valence-corrected chi connectivity index (χ3v) is 3.29. The zero-order valence-corrected chi connectivity index (χ0v) is 12.4. The first kappa shape index (κ1) is 16.0. The SMILES string of the molecule is Cc1ccc(N(C)C(=O)NCCC(C)C(=O)O)c(C)c1. The number of carbonyl (C=O) groups is 2. The molecule has 0 saturated heterocycles. The third kappa shape index (κ3) is 4.26. The van der Waals surface area contributed by atoms with Crippen LogP contribution in [0.1, 0.15) is 24.5 Å². The van der Waals surface area contributed by atoms with Crippen LogP contribution in [-0.2, 0) is 4.79 Å². The van der Waals surface area contributed by atoms with Crippen molar-refractivity contribution in [1.82, 2.24) is 5.32 Å². The summed E-state index contributed by atoms with van der Waals surface area (Å²) < 4.78 is 0. The van der Waals surface area contributed by atoms with Gasteiger partial charge in [-0.1, -0.05) is 24.6 Å². The normalized spacial score (nSPS) is 11.8. The first-order valence-corrected chi connectivity index (χ1v) is 6.64. The van der Waals surface area contributed by atoms with E-state index >= 15 is 0 Å². The molecule has 0 radical (unpaired) electrons. The van der Waals surface area contributed by atoms with Gasteiger partial charge in [0.25, 0.3) is 0 Å². The number of urea groups is 1. The second-order valence-electron chi connectivity index (χ2n) is 5.11. The molecule has 0 spiro atoms. The van der Waals surface area contributed by atoms with Crippen molar-refractivity contribution in [2.45, 2.75) is 27.2 Å². The second kappa shape index (κ2) is 6.93. The number of benzene rings is 1. The van der Waals surface area contributed by atoms with Gasteiger partial charge in [0.15, 0.2) is 0 Å². The van der Waals surface area contributed by atoms with E-state index in [1.807, 2.05) is 32.0 Å². The van der Waals surface area contributed by atoms with Crippen molar-refractivity contribution in [3.63, 3.8) is 0 Å². The van der Waals surface area contributed by atoms with E-state index in [0.717, 1.165) is 16.8 Å². The van der Waals surface area contributed by atoms with E-state index in [1.54, 1.807) is 18.9 Å². The van der Waals surface area contributed by atoms with Crippen LogP contribution in [0.5, 0.6) is 0 Å². The maximum absolute atomic E-state index is 12.0. The largest absolute Gasteiger partial charge is 0.481 e. The summed E-state index contributed by atoms with van der Waals surface area (Å²) in [6.07, 6.45) is 0.418. The summed E-state index contributed by atoms with van der Waals surface area (Å²) in [5.74, 6) is -1.30. The summed E-state index contributed by atoms with van der Waals surface area (Å²) in [6, 6.07) is 5.66. The van der Waals surface area contributed by atoms with Gasteiger partial charge in [0, 0.05) is 19.3 Å². The van der Waals surface area contributed by atoms with Crippen molar-refractivity contribution in [3.05, 3.63) is 29.3 Å². The molecule has 20 heavy (non-hydrogen) atoms. The van der Waals surface area contributed by atoms with E-state index in [2.05, 4.69) is 5.32 Å². The van der Waals surface area contributed by atoms with Crippen molar-refractivity contribution >= 4 is 17.7 Å². The molecule has 0 bridgehead atoms. The predicted octanol–water partition coefficient (Wildman–Crippen LogP) is 2.56. The number of carboxylic acid groups (broad SMARTS) is 1. The van der Waals surface area contributed by atoms with Crippen LogP contribution < -0.4 is 10.2 Å². The number of anilines is 1. The Balaban J connectivity index is 2.57. The minimum absolute atomic E-state index is 0.227. The molecule has 0 saturated carbocycles. The lowest BCUT2D eigenvalue weighted by atomic mass is 10.1. The Kier molecular flexibility index (Phi) is 5.55. The fraction of sp³-hybridized carbons (Fsp3) is 0.467. The van der Waals surface area contributed by atoms with Crippen LogP contribution in [0.4, 0.5) is 10.5 Å². The highest BCUT2D eigenvalue weighted by Gasteiger charge is 2.14. The van der Waals surface area contributed by atoms with E-state index in [1.165, 1.54) is 0 Å². The number of nitrogens with one attached hydrogen (secondary N) is 1. The molecule has 0 aliphatic heterocycles. The molecule has 0 aliphatic carbocycles. The zero-order valence-electron chi connectivity index (χ0n) is 12.4. The van der Waals surface area contributed by atoms with E-state index in [-0.39, 0.29) is 6.03 Å². The molecule has 1 aromatic rings. The lowest BCUT2D eigenvalue weighted by Crippen LogP contribution is -2.38. The summed E-state index contributed by atoms with van der Waals surface area (Å²) in [5.41, 5.74) is 3.02.